The summed E-state index contributed by atoms with van der Waals surface area (Å²) in [4.78, 5) is 11.5. The minimum Gasteiger partial charge on any atom is -0.293 e. The van der Waals surface area contributed by atoms with E-state index >= 15 is 0 Å². The molecule has 0 bridgehead atoms. The number of hydrogen-bond donors (Lipinski definition) is 0. The second-order valence-corrected chi connectivity index (χ2v) is 3.76. The molecule has 0 radical (unpaired) electrons. The van der Waals surface area contributed by atoms with Crippen molar-refractivity contribution in [3.8, 4) is 0 Å². The lowest BCUT2D eigenvalue weighted by Crippen LogP contribution is -2.02. The van der Waals surface area contributed by atoms with Gasteiger partial charge in [0.2, 0.25) is 0 Å². The Balaban J connectivity index is 2.52. The van der Waals surface area contributed by atoms with Gasteiger partial charge >= 0.3 is 0 Å². The van der Waals surface area contributed by atoms with Crippen LogP contribution in [0.3, 0.4) is 0 Å². The predicted octanol–water partition coefficient (Wildman–Crippen LogP) is 2.93. The van der Waals surface area contributed by atoms with E-state index in [1.165, 1.54) is 36.0 Å². The summed E-state index contributed by atoms with van der Waals surface area (Å²) < 4.78 is 12.5. The van der Waals surface area contributed by atoms with E-state index in [1.54, 1.807) is 6.08 Å². The predicted molar refractivity (Wildman–Crippen MR) is 58.3 cm³/mol. The Kier molecular flexibility index (Phi) is 4.40. The van der Waals surface area contributed by atoms with Crippen LogP contribution in [0.5, 0.6) is 0 Å². The van der Waals surface area contributed by atoms with E-state index in [-0.39, 0.29) is 11.6 Å². The van der Waals surface area contributed by atoms with Crippen LogP contribution in [0.25, 0.3) is 0 Å². The van der Waals surface area contributed by atoms with Gasteiger partial charge in [0.15, 0.2) is 5.78 Å². The molecular weight excluding hydrogens is 199 g/mol. The van der Waals surface area contributed by atoms with Gasteiger partial charge in [-0.2, -0.15) is 0 Å². The SMILES string of the molecule is C=CCSCC(=O)c1ccc(F)cc1. The standard InChI is InChI=1S/C11H11FOS/c1-2-7-14-8-11(13)9-3-5-10(12)6-4-9/h2-6H,1,7-8H2. The number of Topliss-reactive ketones (excluding diaryl/α,β-unsaturated/α-hetero) is 1. The van der Waals surface area contributed by atoms with Crippen molar-refractivity contribution in [2.45, 2.75) is 0 Å². The van der Waals surface area contributed by atoms with Crippen LogP contribution in [-0.2, 0) is 0 Å². The maximum Gasteiger partial charge on any atom is 0.172 e. The average Bonchev–Trinajstić information content (AvgIpc) is 2.19. The largest absolute Gasteiger partial charge is 0.293 e. The molecule has 0 N–H and O–H groups in total. The zero-order valence-electron chi connectivity index (χ0n) is 7.70. The minimum absolute atomic E-state index is 0.0249. The summed E-state index contributed by atoms with van der Waals surface area (Å²) in [5, 5.41) is 0. The molecule has 1 aromatic carbocycles. The molecule has 0 atom stereocenters. The fraction of sp³-hybridized carbons (Fsp3) is 0.182. The molecule has 0 fully saturated rings. The number of hydrogen-bond acceptors (Lipinski definition) is 2. The first-order valence-electron chi connectivity index (χ1n) is 4.21. The number of halogens is 1. The fourth-order valence-corrected chi connectivity index (χ4v) is 1.59. The fourth-order valence-electron chi connectivity index (χ4n) is 0.954. The van der Waals surface area contributed by atoms with Crippen LogP contribution in [-0.4, -0.2) is 17.3 Å². The maximum absolute atomic E-state index is 12.5. The highest BCUT2D eigenvalue weighted by atomic mass is 32.2. The van der Waals surface area contributed by atoms with E-state index in [2.05, 4.69) is 6.58 Å². The van der Waals surface area contributed by atoms with E-state index < -0.39 is 0 Å². The Bertz CT molecular complexity index is 319. The summed E-state index contributed by atoms with van der Waals surface area (Å²) >= 11 is 1.50. The third-order valence-electron chi connectivity index (χ3n) is 1.64. The summed E-state index contributed by atoms with van der Waals surface area (Å²) in [6, 6.07) is 5.61. The quantitative estimate of drug-likeness (QED) is 0.422. The van der Waals surface area contributed by atoms with Gasteiger partial charge in [-0.3, -0.25) is 4.79 Å². The molecule has 1 aromatic rings. The number of rotatable bonds is 5. The van der Waals surface area contributed by atoms with Crippen molar-refractivity contribution in [1.29, 1.82) is 0 Å². The van der Waals surface area contributed by atoms with Crippen molar-refractivity contribution in [1.82, 2.24) is 0 Å². The first-order valence-corrected chi connectivity index (χ1v) is 5.37. The summed E-state index contributed by atoms with van der Waals surface area (Å²) in [6.07, 6.45) is 1.75. The van der Waals surface area contributed by atoms with Crippen molar-refractivity contribution >= 4 is 17.5 Å². The van der Waals surface area contributed by atoms with E-state index in [0.29, 0.717) is 11.3 Å². The minimum atomic E-state index is -0.319. The Morgan fingerprint density at radius 3 is 2.64 bits per heavy atom. The summed E-state index contributed by atoms with van der Waals surface area (Å²) in [7, 11) is 0. The summed E-state index contributed by atoms with van der Waals surface area (Å²) in [5.74, 6) is 0.877. The van der Waals surface area contributed by atoms with Gasteiger partial charge in [-0.15, -0.1) is 18.3 Å². The highest BCUT2D eigenvalue weighted by Crippen LogP contribution is 2.08. The number of thioether (sulfide) groups is 1. The topological polar surface area (TPSA) is 17.1 Å². The highest BCUT2D eigenvalue weighted by Gasteiger charge is 2.04. The zero-order chi connectivity index (χ0) is 10.4. The number of ketones is 1. The molecule has 0 amide bonds. The van der Waals surface area contributed by atoms with Crippen LogP contribution in [0.2, 0.25) is 0 Å². The molecule has 74 valence electrons. The Morgan fingerprint density at radius 2 is 2.07 bits per heavy atom. The second kappa shape index (κ2) is 5.60. The molecule has 0 spiro atoms. The third-order valence-corrected chi connectivity index (χ3v) is 2.57. The molecule has 0 aromatic heterocycles. The van der Waals surface area contributed by atoms with Gasteiger partial charge in [-0.25, -0.2) is 4.39 Å². The van der Waals surface area contributed by atoms with Gasteiger partial charge in [-0.05, 0) is 24.3 Å². The molecule has 0 aliphatic rings. The van der Waals surface area contributed by atoms with Gasteiger partial charge in [0.25, 0.3) is 0 Å². The van der Waals surface area contributed by atoms with Gasteiger partial charge in [0.05, 0.1) is 5.75 Å². The van der Waals surface area contributed by atoms with Crippen molar-refractivity contribution in [3.05, 3.63) is 48.3 Å². The molecule has 0 saturated heterocycles. The third kappa shape index (κ3) is 3.34. The lowest BCUT2D eigenvalue weighted by atomic mass is 10.1. The average molecular weight is 210 g/mol. The number of carbonyl (C=O) groups is 1. The molecule has 0 heterocycles. The normalized spacial score (nSPS) is 9.79. The van der Waals surface area contributed by atoms with Gasteiger partial charge in [0.1, 0.15) is 5.82 Å². The van der Waals surface area contributed by atoms with Gasteiger partial charge in [0, 0.05) is 11.3 Å². The van der Waals surface area contributed by atoms with Crippen LogP contribution in [0, 0.1) is 5.82 Å². The van der Waals surface area contributed by atoms with Crippen molar-refractivity contribution in [2.75, 3.05) is 11.5 Å². The number of carbonyl (C=O) groups excluding carboxylic acids is 1. The number of benzene rings is 1. The molecule has 0 saturated carbocycles. The van der Waals surface area contributed by atoms with Crippen LogP contribution in [0.1, 0.15) is 10.4 Å². The van der Waals surface area contributed by atoms with Crippen LogP contribution in [0.4, 0.5) is 4.39 Å². The molecule has 0 unspecified atom stereocenters. The molecule has 3 heteroatoms. The lowest BCUT2D eigenvalue weighted by Gasteiger charge is -1.99. The molecule has 0 aliphatic heterocycles. The first-order chi connectivity index (χ1) is 6.74. The van der Waals surface area contributed by atoms with Crippen LogP contribution < -0.4 is 0 Å². The monoisotopic (exact) mass is 210 g/mol. The Labute approximate surface area is 87.0 Å². The Hall–Kier alpha value is -1.09. The molecule has 1 nitrogen and oxygen atoms in total. The van der Waals surface area contributed by atoms with E-state index in [1.807, 2.05) is 0 Å². The van der Waals surface area contributed by atoms with Crippen molar-refractivity contribution in [3.63, 3.8) is 0 Å². The first kappa shape index (κ1) is 11.0. The lowest BCUT2D eigenvalue weighted by molar-refractivity contribution is 0.102. The highest BCUT2D eigenvalue weighted by molar-refractivity contribution is 8.00. The van der Waals surface area contributed by atoms with Gasteiger partial charge in [-0.1, -0.05) is 6.08 Å². The molecule has 14 heavy (non-hydrogen) atoms. The van der Waals surface area contributed by atoms with Crippen molar-refractivity contribution in [2.24, 2.45) is 0 Å². The molecule has 1 rings (SSSR count). The Morgan fingerprint density at radius 1 is 1.43 bits per heavy atom. The second-order valence-electron chi connectivity index (χ2n) is 2.73. The summed E-state index contributed by atoms with van der Waals surface area (Å²) in [6.45, 7) is 3.56. The van der Waals surface area contributed by atoms with Crippen LogP contribution in [0.15, 0.2) is 36.9 Å². The van der Waals surface area contributed by atoms with Crippen molar-refractivity contribution < 1.29 is 9.18 Å². The van der Waals surface area contributed by atoms with E-state index in [9.17, 15) is 9.18 Å². The maximum atomic E-state index is 12.5. The molecular formula is C11H11FOS. The van der Waals surface area contributed by atoms with E-state index in [4.69, 9.17) is 0 Å². The molecule has 0 aliphatic carbocycles. The zero-order valence-corrected chi connectivity index (χ0v) is 8.52. The van der Waals surface area contributed by atoms with Crippen LogP contribution >= 0.6 is 11.8 Å². The summed E-state index contributed by atoms with van der Waals surface area (Å²) in [5.41, 5.74) is 0.558. The van der Waals surface area contributed by atoms with Gasteiger partial charge < -0.3 is 0 Å². The van der Waals surface area contributed by atoms with E-state index in [0.717, 1.165) is 5.75 Å². The smallest absolute Gasteiger partial charge is 0.172 e.